The molecule has 1 saturated heterocycles. The number of carboxylic acid groups (broad SMARTS) is 1. The van der Waals surface area contributed by atoms with Crippen LogP contribution in [0.15, 0.2) is 66.7 Å². The molecule has 1 aliphatic heterocycles. The quantitative estimate of drug-likeness (QED) is 0.224. The second kappa shape index (κ2) is 10.1. The topological polar surface area (TPSA) is 75.4 Å². The number of benzene rings is 3. The number of rotatable bonds is 5. The number of fused-ring (bicyclic) bond motifs is 1. The lowest BCUT2D eigenvalue weighted by molar-refractivity contribution is -0.156. The summed E-state index contributed by atoms with van der Waals surface area (Å²) in [5, 5.41) is 16.7. The Balaban J connectivity index is 1.42. The zero-order chi connectivity index (χ0) is 26.4. The molecule has 1 saturated carbocycles. The van der Waals surface area contributed by atoms with E-state index in [1.807, 2.05) is 24.3 Å². The molecule has 0 bridgehead atoms. The fourth-order valence-electron chi connectivity index (χ4n) is 5.70. The SMILES string of the molecule is O=C(O)C(=O)N1CCC(c2c3cc(C(c4ccc(Cl)cc4)c4ccc(Cl)cc4)ccc3nn2C2CC2)CC1. The number of carbonyl (C=O) groups is 2. The lowest BCUT2D eigenvalue weighted by atomic mass is 9.84. The van der Waals surface area contributed by atoms with Gasteiger partial charge in [-0.3, -0.25) is 9.48 Å². The number of likely N-dealkylation sites (tertiary alicyclic amines) is 1. The Kier molecular flexibility index (Phi) is 6.62. The largest absolute Gasteiger partial charge is 0.474 e. The molecule has 6 rings (SSSR count). The van der Waals surface area contributed by atoms with Crippen molar-refractivity contribution in [3.05, 3.63) is 99.2 Å². The number of hydrogen-bond acceptors (Lipinski definition) is 3. The van der Waals surface area contributed by atoms with E-state index < -0.39 is 11.9 Å². The second-order valence-corrected chi connectivity index (χ2v) is 11.1. The number of amides is 1. The fraction of sp³-hybridized carbons (Fsp3) is 0.300. The van der Waals surface area contributed by atoms with E-state index in [0.29, 0.717) is 42.0 Å². The summed E-state index contributed by atoms with van der Waals surface area (Å²) in [7, 11) is 0. The highest BCUT2D eigenvalue weighted by Gasteiger charge is 2.34. The van der Waals surface area contributed by atoms with Gasteiger partial charge in [0.1, 0.15) is 0 Å². The van der Waals surface area contributed by atoms with Crippen LogP contribution in [0.3, 0.4) is 0 Å². The lowest BCUT2D eigenvalue weighted by Gasteiger charge is -2.31. The predicted octanol–water partition coefficient (Wildman–Crippen LogP) is 6.65. The van der Waals surface area contributed by atoms with Crippen LogP contribution in [-0.2, 0) is 9.59 Å². The van der Waals surface area contributed by atoms with E-state index in [2.05, 4.69) is 47.1 Å². The fourth-order valence-corrected chi connectivity index (χ4v) is 5.95. The number of carboxylic acids is 1. The number of carbonyl (C=O) groups excluding carboxylic acids is 1. The monoisotopic (exact) mass is 547 g/mol. The van der Waals surface area contributed by atoms with Crippen molar-refractivity contribution in [2.45, 2.75) is 43.6 Å². The Morgan fingerprint density at radius 3 is 1.89 bits per heavy atom. The summed E-state index contributed by atoms with van der Waals surface area (Å²) in [6, 6.07) is 22.9. The van der Waals surface area contributed by atoms with Crippen LogP contribution in [0.4, 0.5) is 0 Å². The molecule has 4 aromatic rings. The predicted molar refractivity (Wildman–Crippen MR) is 148 cm³/mol. The number of piperidine rings is 1. The van der Waals surface area contributed by atoms with Gasteiger partial charge in [-0.1, -0.05) is 53.5 Å². The van der Waals surface area contributed by atoms with E-state index in [-0.39, 0.29) is 11.8 Å². The van der Waals surface area contributed by atoms with Crippen molar-refractivity contribution in [1.82, 2.24) is 14.7 Å². The first kappa shape index (κ1) is 25.0. The minimum Gasteiger partial charge on any atom is -0.474 e. The van der Waals surface area contributed by atoms with E-state index >= 15 is 0 Å². The van der Waals surface area contributed by atoms with Crippen LogP contribution in [0.2, 0.25) is 10.0 Å². The van der Waals surface area contributed by atoms with E-state index in [0.717, 1.165) is 40.4 Å². The third-order valence-electron chi connectivity index (χ3n) is 7.74. The maximum atomic E-state index is 12.0. The summed E-state index contributed by atoms with van der Waals surface area (Å²) >= 11 is 12.4. The Morgan fingerprint density at radius 1 is 0.816 bits per heavy atom. The molecule has 8 heteroatoms. The van der Waals surface area contributed by atoms with Gasteiger partial charge >= 0.3 is 11.9 Å². The molecule has 2 aliphatic rings. The molecule has 0 unspecified atom stereocenters. The van der Waals surface area contributed by atoms with Gasteiger partial charge in [-0.05, 0) is 78.8 Å². The van der Waals surface area contributed by atoms with Crippen molar-refractivity contribution in [2.75, 3.05) is 13.1 Å². The van der Waals surface area contributed by atoms with Crippen LogP contribution in [0.25, 0.3) is 10.9 Å². The minimum absolute atomic E-state index is 0.0129. The van der Waals surface area contributed by atoms with Crippen LogP contribution in [0.5, 0.6) is 0 Å². The molecule has 6 nitrogen and oxygen atoms in total. The van der Waals surface area contributed by atoms with Gasteiger partial charge in [0.05, 0.1) is 11.6 Å². The van der Waals surface area contributed by atoms with Gasteiger partial charge < -0.3 is 10.0 Å². The first-order chi connectivity index (χ1) is 18.4. The van der Waals surface area contributed by atoms with E-state index in [1.165, 1.54) is 10.6 Å². The van der Waals surface area contributed by atoms with Gasteiger partial charge in [0.25, 0.3) is 0 Å². The number of aliphatic carboxylic acids is 1. The molecule has 3 aromatic carbocycles. The third kappa shape index (κ3) is 4.79. The Hall–Kier alpha value is -3.35. The Labute approximate surface area is 230 Å². The van der Waals surface area contributed by atoms with Crippen molar-refractivity contribution < 1.29 is 14.7 Å². The van der Waals surface area contributed by atoms with Crippen LogP contribution < -0.4 is 0 Å². The summed E-state index contributed by atoms with van der Waals surface area (Å²) in [6.07, 6.45) is 3.66. The van der Waals surface area contributed by atoms with Crippen molar-refractivity contribution in [1.29, 1.82) is 0 Å². The average Bonchev–Trinajstić information content (AvgIpc) is 3.71. The maximum absolute atomic E-state index is 12.0. The molecule has 2 heterocycles. The van der Waals surface area contributed by atoms with Crippen LogP contribution in [-0.4, -0.2) is 44.8 Å². The standard InChI is InChI=1S/C30H27Cl2N3O3/c31-22-6-1-18(2-7-22)27(19-3-8-23(32)9-4-19)21-5-12-26-25(17-21)28(35(33-26)24-10-11-24)20-13-15-34(16-14-20)29(36)30(37)38/h1-9,12,17,20,24,27H,10-11,13-16H2,(H,37,38). The van der Waals surface area contributed by atoms with Gasteiger partial charge in [-0.2, -0.15) is 5.10 Å². The average molecular weight is 548 g/mol. The molecule has 194 valence electrons. The summed E-state index contributed by atoms with van der Waals surface area (Å²) in [6.45, 7) is 0.871. The number of nitrogens with zero attached hydrogens (tertiary/aromatic N) is 3. The highest BCUT2D eigenvalue weighted by atomic mass is 35.5. The molecule has 0 spiro atoms. The van der Waals surface area contributed by atoms with Gasteiger partial charge in [-0.15, -0.1) is 0 Å². The molecule has 1 aromatic heterocycles. The van der Waals surface area contributed by atoms with Crippen molar-refractivity contribution >= 4 is 46.0 Å². The molecule has 0 radical (unpaired) electrons. The van der Waals surface area contributed by atoms with Crippen LogP contribution >= 0.6 is 23.2 Å². The van der Waals surface area contributed by atoms with E-state index in [4.69, 9.17) is 33.4 Å². The summed E-state index contributed by atoms with van der Waals surface area (Å²) in [5.41, 5.74) is 5.58. The first-order valence-electron chi connectivity index (χ1n) is 12.9. The third-order valence-corrected chi connectivity index (χ3v) is 8.25. The smallest absolute Gasteiger partial charge is 0.394 e. The highest BCUT2D eigenvalue weighted by molar-refractivity contribution is 6.31. The zero-order valence-corrected chi connectivity index (χ0v) is 22.2. The zero-order valence-electron chi connectivity index (χ0n) is 20.7. The Morgan fingerprint density at radius 2 is 1.37 bits per heavy atom. The second-order valence-electron chi connectivity index (χ2n) is 10.2. The maximum Gasteiger partial charge on any atom is 0.394 e. The van der Waals surface area contributed by atoms with E-state index in [1.54, 1.807) is 0 Å². The molecule has 1 aliphatic carbocycles. The minimum atomic E-state index is -1.39. The molecular weight excluding hydrogens is 521 g/mol. The van der Waals surface area contributed by atoms with Crippen LogP contribution in [0, 0.1) is 0 Å². The summed E-state index contributed by atoms with van der Waals surface area (Å²) in [5.74, 6) is -2.02. The molecule has 38 heavy (non-hydrogen) atoms. The van der Waals surface area contributed by atoms with Gasteiger partial charge in [0.2, 0.25) is 0 Å². The number of hydrogen-bond donors (Lipinski definition) is 1. The molecule has 1 N–H and O–H groups in total. The Bertz CT molecular complexity index is 1460. The molecular formula is C30H27Cl2N3O3. The van der Waals surface area contributed by atoms with Crippen molar-refractivity contribution in [3.8, 4) is 0 Å². The van der Waals surface area contributed by atoms with Crippen molar-refractivity contribution in [2.24, 2.45) is 0 Å². The van der Waals surface area contributed by atoms with E-state index in [9.17, 15) is 9.59 Å². The lowest BCUT2D eigenvalue weighted by Crippen LogP contribution is -2.41. The molecule has 0 atom stereocenters. The number of halogens is 2. The van der Waals surface area contributed by atoms with Gasteiger partial charge in [0, 0.05) is 46.1 Å². The summed E-state index contributed by atoms with van der Waals surface area (Å²) < 4.78 is 2.20. The first-order valence-corrected chi connectivity index (χ1v) is 13.7. The van der Waals surface area contributed by atoms with Crippen LogP contribution in [0.1, 0.15) is 65.9 Å². The van der Waals surface area contributed by atoms with Crippen molar-refractivity contribution in [3.63, 3.8) is 0 Å². The normalized spacial score (nSPS) is 16.3. The highest BCUT2D eigenvalue weighted by Crippen LogP contribution is 2.43. The summed E-state index contributed by atoms with van der Waals surface area (Å²) in [4.78, 5) is 24.6. The number of aromatic nitrogens is 2. The van der Waals surface area contributed by atoms with Gasteiger partial charge in [0.15, 0.2) is 0 Å². The van der Waals surface area contributed by atoms with Gasteiger partial charge in [-0.25, -0.2) is 4.79 Å². The molecule has 2 fully saturated rings. The molecule has 1 amide bonds.